The smallest absolute Gasteiger partial charge is 0.298 e. The minimum Gasteiger partial charge on any atom is -0.298 e. The molecule has 0 spiro atoms. The van der Waals surface area contributed by atoms with Crippen molar-refractivity contribution in [3.63, 3.8) is 0 Å². The molecule has 0 atom stereocenters. The predicted molar refractivity (Wildman–Crippen MR) is 92.8 cm³/mol. The number of hydrogen-bond donors (Lipinski definition) is 0. The molecule has 1 aromatic heterocycles. The maximum Gasteiger partial charge on any atom is 0.343 e. The van der Waals surface area contributed by atoms with E-state index >= 15 is 0 Å². The predicted octanol–water partition coefficient (Wildman–Crippen LogP) is 1.03. The number of carbonyl (C=O) groups is 1. The lowest BCUT2D eigenvalue weighted by molar-refractivity contribution is -0.115. The lowest BCUT2D eigenvalue weighted by Crippen LogP contribution is -2.42. The molecule has 0 aliphatic rings. The molecule has 0 radical (unpaired) electrons. The molecule has 0 amide bonds. The Morgan fingerprint density at radius 3 is 2.48 bits per heavy atom. The van der Waals surface area contributed by atoms with Crippen LogP contribution in [0.15, 0.2) is 51.3 Å². The van der Waals surface area contributed by atoms with E-state index in [9.17, 15) is 22.4 Å². The monoisotopic (exact) mass is 369 g/mol. The van der Waals surface area contributed by atoms with E-state index < -0.39 is 27.0 Å². The molecule has 0 aliphatic carbocycles. The van der Waals surface area contributed by atoms with Gasteiger partial charge in [0.05, 0.1) is 17.6 Å². The van der Waals surface area contributed by atoms with Crippen molar-refractivity contribution in [2.75, 3.05) is 6.54 Å². The van der Waals surface area contributed by atoms with Crippen molar-refractivity contribution in [1.82, 2.24) is 8.54 Å². The van der Waals surface area contributed by atoms with Crippen LogP contribution in [0.2, 0.25) is 0 Å². The van der Waals surface area contributed by atoms with Crippen LogP contribution in [-0.2, 0) is 21.9 Å². The zero-order valence-corrected chi connectivity index (χ0v) is 15.3. The molecule has 0 saturated carbocycles. The quantitative estimate of drug-likeness (QED) is 0.701. The highest BCUT2D eigenvalue weighted by Crippen LogP contribution is 2.13. The minimum absolute atomic E-state index is 0.252. The van der Waals surface area contributed by atoms with Gasteiger partial charge in [0.15, 0.2) is 17.1 Å². The van der Waals surface area contributed by atoms with E-state index in [0.717, 1.165) is 10.6 Å². The van der Waals surface area contributed by atoms with E-state index in [-0.39, 0.29) is 21.2 Å². The van der Waals surface area contributed by atoms with Crippen molar-refractivity contribution in [2.24, 2.45) is 12.0 Å². The molecule has 25 heavy (non-hydrogen) atoms. The number of allylic oxidation sites excluding steroid dienone is 4. The molecular formula is C16H20FN3O4S. The van der Waals surface area contributed by atoms with Gasteiger partial charge < -0.3 is 0 Å². The van der Waals surface area contributed by atoms with Gasteiger partial charge in [0.2, 0.25) is 0 Å². The summed E-state index contributed by atoms with van der Waals surface area (Å²) in [6.07, 6.45) is 4.60. The first kappa shape index (κ1) is 20.5. The molecule has 0 unspecified atom stereocenters. The van der Waals surface area contributed by atoms with E-state index in [1.54, 1.807) is 19.9 Å². The van der Waals surface area contributed by atoms with Crippen LogP contribution in [0.1, 0.15) is 20.8 Å². The summed E-state index contributed by atoms with van der Waals surface area (Å²) in [7, 11) is -3.17. The zero-order chi connectivity index (χ0) is 19.4. The standard InChI is InChI=1S/C16H20FN3O4S/c1-6-11(3)8-13(7-2)25(23,24)20-10-14(17)15(18-9-12(4)21)19(5)16(20)22/h6-8,10H,2,9H2,1,3-5H3/b11-6-,13-8+,18-15+. The molecule has 1 aromatic rings. The molecule has 1 heterocycles. The van der Waals surface area contributed by atoms with Gasteiger partial charge in [-0.3, -0.25) is 14.4 Å². The van der Waals surface area contributed by atoms with Crippen LogP contribution in [0.5, 0.6) is 0 Å². The van der Waals surface area contributed by atoms with E-state index in [2.05, 4.69) is 11.6 Å². The van der Waals surface area contributed by atoms with Gasteiger partial charge in [-0.1, -0.05) is 18.2 Å². The Kier molecular flexibility index (Phi) is 6.57. The molecule has 9 heteroatoms. The van der Waals surface area contributed by atoms with Crippen LogP contribution in [-0.4, -0.2) is 29.3 Å². The largest absolute Gasteiger partial charge is 0.343 e. The summed E-state index contributed by atoms with van der Waals surface area (Å²) in [6.45, 7) is 7.77. The minimum atomic E-state index is -4.34. The maximum atomic E-state index is 14.3. The zero-order valence-electron chi connectivity index (χ0n) is 14.5. The van der Waals surface area contributed by atoms with Crippen molar-refractivity contribution < 1.29 is 17.6 Å². The maximum absolute atomic E-state index is 14.3. The lowest BCUT2D eigenvalue weighted by atomic mass is 10.2. The first-order valence-electron chi connectivity index (χ1n) is 7.27. The summed E-state index contributed by atoms with van der Waals surface area (Å²) in [4.78, 5) is 26.8. The van der Waals surface area contributed by atoms with Gasteiger partial charge in [-0.05, 0) is 32.9 Å². The number of aromatic nitrogens is 2. The number of Topliss-reactive ketones (excluding diaryl/α,β-unsaturated/α-hetero) is 1. The summed E-state index contributed by atoms with van der Waals surface area (Å²) >= 11 is 0. The average molecular weight is 369 g/mol. The van der Waals surface area contributed by atoms with Gasteiger partial charge in [0.25, 0.3) is 10.0 Å². The van der Waals surface area contributed by atoms with Gasteiger partial charge >= 0.3 is 5.69 Å². The van der Waals surface area contributed by atoms with Crippen molar-refractivity contribution in [2.45, 2.75) is 20.8 Å². The van der Waals surface area contributed by atoms with E-state index in [1.807, 2.05) is 0 Å². The van der Waals surface area contributed by atoms with Crippen LogP contribution >= 0.6 is 0 Å². The summed E-state index contributed by atoms with van der Waals surface area (Å²) in [6, 6.07) is 0. The van der Waals surface area contributed by atoms with Crippen molar-refractivity contribution in [3.8, 4) is 0 Å². The fourth-order valence-corrected chi connectivity index (χ4v) is 3.15. The third-order valence-corrected chi connectivity index (χ3v) is 4.93. The Morgan fingerprint density at radius 1 is 1.40 bits per heavy atom. The highest BCUT2D eigenvalue weighted by Gasteiger charge is 2.22. The fraction of sp³-hybridized carbons (Fsp3) is 0.312. The Balaban J connectivity index is 3.73. The number of nitrogens with zero attached hydrogens (tertiary/aromatic N) is 3. The summed E-state index contributed by atoms with van der Waals surface area (Å²) in [5, 5.41) is 0. The van der Waals surface area contributed by atoms with Crippen LogP contribution in [0.25, 0.3) is 0 Å². The van der Waals surface area contributed by atoms with Gasteiger partial charge in [0.1, 0.15) is 0 Å². The summed E-state index contributed by atoms with van der Waals surface area (Å²) in [5.41, 5.74) is -0.792. The van der Waals surface area contributed by atoms with Crippen LogP contribution in [0, 0.1) is 5.82 Å². The first-order chi connectivity index (χ1) is 11.6. The summed E-state index contributed by atoms with van der Waals surface area (Å²) in [5.74, 6) is -1.37. The molecule has 0 aromatic carbocycles. The van der Waals surface area contributed by atoms with Crippen LogP contribution < -0.4 is 11.2 Å². The number of hydrogen-bond acceptors (Lipinski definition) is 5. The lowest BCUT2D eigenvalue weighted by Gasteiger charge is -2.11. The third-order valence-electron chi connectivity index (χ3n) is 3.27. The molecule has 0 saturated heterocycles. The number of halogens is 1. The van der Waals surface area contributed by atoms with Crippen LogP contribution in [0.3, 0.4) is 0 Å². The molecule has 0 N–H and O–H groups in total. The topological polar surface area (TPSA) is 90.5 Å². The van der Waals surface area contributed by atoms with Crippen molar-refractivity contribution in [1.29, 1.82) is 0 Å². The fourth-order valence-electron chi connectivity index (χ4n) is 1.81. The highest BCUT2D eigenvalue weighted by molar-refractivity contribution is 7.94. The Morgan fingerprint density at radius 2 is 2.00 bits per heavy atom. The van der Waals surface area contributed by atoms with Gasteiger partial charge in [-0.15, -0.1) is 0 Å². The van der Waals surface area contributed by atoms with Gasteiger partial charge in [0, 0.05) is 7.05 Å². The molecule has 0 fully saturated rings. The van der Waals surface area contributed by atoms with Gasteiger partial charge in [-0.2, -0.15) is 3.97 Å². The molecule has 0 aliphatic heterocycles. The number of rotatable bonds is 6. The molecule has 1 rings (SSSR count). The van der Waals surface area contributed by atoms with E-state index in [4.69, 9.17) is 0 Å². The number of carbonyl (C=O) groups excluding carboxylic acids is 1. The van der Waals surface area contributed by atoms with E-state index in [1.165, 1.54) is 20.0 Å². The molecular weight excluding hydrogens is 349 g/mol. The Bertz CT molecular complexity index is 995. The third kappa shape index (κ3) is 4.50. The van der Waals surface area contributed by atoms with Crippen LogP contribution in [0.4, 0.5) is 4.39 Å². The Labute approximate surface area is 145 Å². The van der Waals surface area contributed by atoms with Gasteiger partial charge in [-0.25, -0.2) is 17.6 Å². The van der Waals surface area contributed by atoms with Crippen molar-refractivity contribution in [3.05, 3.63) is 63.3 Å². The average Bonchev–Trinajstić information content (AvgIpc) is 2.54. The highest BCUT2D eigenvalue weighted by atomic mass is 32.2. The van der Waals surface area contributed by atoms with Crippen molar-refractivity contribution >= 4 is 15.8 Å². The normalized spacial score (nSPS) is 13.9. The SMILES string of the molecule is C=C/C(=C\C(C)=C/C)S(=O)(=O)n1cc(F)/c(=N\CC(C)=O)n(C)c1=O. The second-order valence-corrected chi connectivity index (χ2v) is 7.06. The van der Waals surface area contributed by atoms with E-state index in [0.29, 0.717) is 11.8 Å². The molecule has 7 nitrogen and oxygen atoms in total. The molecule has 136 valence electrons. The Hall–Kier alpha value is -2.55. The summed E-state index contributed by atoms with van der Waals surface area (Å²) < 4.78 is 40.6. The molecule has 0 bridgehead atoms. The first-order valence-corrected chi connectivity index (χ1v) is 8.71. The second kappa shape index (κ2) is 8.02. The second-order valence-electron chi connectivity index (χ2n) is 5.24. The number of ketones is 1.